The molecule has 1 rings (SSSR count). The van der Waals surface area contributed by atoms with Crippen molar-refractivity contribution in [1.29, 1.82) is 0 Å². The third kappa shape index (κ3) is 3.61. The van der Waals surface area contributed by atoms with Gasteiger partial charge in [-0.3, -0.25) is 4.79 Å². The number of hydrogen-bond acceptors (Lipinski definition) is 2. The van der Waals surface area contributed by atoms with Crippen molar-refractivity contribution in [2.45, 2.75) is 13.8 Å². The number of benzene rings is 1. The van der Waals surface area contributed by atoms with Crippen LogP contribution in [0, 0.1) is 12.8 Å². The van der Waals surface area contributed by atoms with Crippen molar-refractivity contribution < 1.29 is 9.90 Å². The average Bonchev–Trinajstić information content (AvgIpc) is 2.28. The van der Waals surface area contributed by atoms with Crippen molar-refractivity contribution in [2.75, 3.05) is 13.2 Å². The Bertz CT molecular complexity index is 379. The number of halogens is 1. The molecule has 0 aliphatic heterocycles. The number of carbonyl (C=O) groups excluding carboxylic acids is 1. The van der Waals surface area contributed by atoms with Crippen molar-refractivity contribution in [3.8, 4) is 0 Å². The quantitative estimate of drug-likeness (QED) is 0.890. The van der Waals surface area contributed by atoms with Gasteiger partial charge in [-0.1, -0.05) is 28.9 Å². The minimum absolute atomic E-state index is 0.0800. The molecule has 3 nitrogen and oxygen atoms in total. The lowest BCUT2D eigenvalue weighted by atomic mass is 10.1. The molecule has 1 amide bonds. The van der Waals surface area contributed by atoms with Gasteiger partial charge < -0.3 is 10.4 Å². The molecular weight excluding hydrogens is 270 g/mol. The van der Waals surface area contributed by atoms with Gasteiger partial charge in [-0.25, -0.2) is 0 Å². The summed E-state index contributed by atoms with van der Waals surface area (Å²) >= 11 is 3.34. The maximum absolute atomic E-state index is 11.8. The maximum atomic E-state index is 11.8. The van der Waals surface area contributed by atoms with Crippen molar-refractivity contribution in [1.82, 2.24) is 5.32 Å². The van der Waals surface area contributed by atoms with Crippen LogP contribution in [-0.4, -0.2) is 24.2 Å². The maximum Gasteiger partial charge on any atom is 0.251 e. The molecule has 0 bridgehead atoms. The van der Waals surface area contributed by atoms with Gasteiger partial charge in [0.25, 0.3) is 5.91 Å². The minimum atomic E-state index is -0.0981. The molecule has 0 spiro atoms. The van der Waals surface area contributed by atoms with Crippen LogP contribution in [0.25, 0.3) is 0 Å². The van der Waals surface area contributed by atoms with E-state index in [-0.39, 0.29) is 18.4 Å². The molecule has 1 atom stereocenters. The van der Waals surface area contributed by atoms with Crippen LogP contribution in [0.4, 0.5) is 0 Å². The van der Waals surface area contributed by atoms with E-state index in [1.54, 1.807) is 6.07 Å². The normalized spacial score (nSPS) is 12.2. The van der Waals surface area contributed by atoms with E-state index in [1.165, 1.54) is 0 Å². The molecule has 0 aliphatic rings. The van der Waals surface area contributed by atoms with Gasteiger partial charge in [0.15, 0.2) is 0 Å². The molecule has 1 aromatic rings. The zero-order valence-corrected chi connectivity index (χ0v) is 11.0. The number of hydrogen-bond donors (Lipinski definition) is 2. The van der Waals surface area contributed by atoms with Crippen LogP contribution < -0.4 is 5.32 Å². The van der Waals surface area contributed by atoms with E-state index in [1.807, 2.05) is 26.0 Å². The first kappa shape index (κ1) is 13.2. The molecule has 4 heteroatoms. The van der Waals surface area contributed by atoms with Crippen LogP contribution in [0.5, 0.6) is 0 Å². The molecule has 0 fully saturated rings. The third-order valence-corrected chi connectivity index (χ3v) is 2.86. The molecule has 0 aliphatic carbocycles. The van der Waals surface area contributed by atoms with Gasteiger partial charge in [0.1, 0.15) is 0 Å². The minimum Gasteiger partial charge on any atom is -0.396 e. The van der Waals surface area contributed by atoms with Crippen LogP contribution in [0.2, 0.25) is 0 Å². The van der Waals surface area contributed by atoms with Crippen molar-refractivity contribution in [3.05, 3.63) is 33.8 Å². The highest BCUT2D eigenvalue weighted by atomic mass is 79.9. The fourth-order valence-electron chi connectivity index (χ4n) is 1.27. The zero-order chi connectivity index (χ0) is 12.1. The molecule has 0 heterocycles. The van der Waals surface area contributed by atoms with Gasteiger partial charge in [0, 0.05) is 23.2 Å². The Morgan fingerprint density at radius 3 is 2.88 bits per heavy atom. The second-order valence-electron chi connectivity index (χ2n) is 3.96. The van der Waals surface area contributed by atoms with E-state index >= 15 is 0 Å². The van der Waals surface area contributed by atoms with E-state index in [2.05, 4.69) is 21.2 Å². The number of carbonyl (C=O) groups is 1. The molecule has 16 heavy (non-hydrogen) atoms. The summed E-state index contributed by atoms with van der Waals surface area (Å²) in [4.78, 5) is 11.8. The number of amides is 1. The van der Waals surface area contributed by atoms with Crippen molar-refractivity contribution in [2.24, 2.45) is 5.92 Å². The summed E-state index contributed by atoms with van der Waals surface area (Å²) in [7, 11) is 0. The summed E-state index contributed by atoms with van der Waals surface area (Å²) in [6.07, 6.45) is 0. The lowest BCUT2D eigenvalue weighted by Crippen LogP contribution is -2.30. The van der Waals surface area contributed by atoms with Gasteiger partial charge in [-0.15, -0.1) is 0 Å². The lowest BCUT2D eigenvalue weighted by molar-refractivity contribution is 0.0941. The largest absolute Gasteiger partial charge is 0.396 e. The molecule has 1 aromatic carbocycles. The summed E-state index contributed by atoms with van der Waals surface area (Å²) in [5, 5.41) is 11.7. The van der Waals surface area contributed by atoms with E-state index in [0.717, 1.165) is 10.0 Å². The van der Waals surface area contributed by atoms with Gasteiger partial charge in [-0.2, -0.15) is 0 Å². The summed E-state index contributed by atoms with van der Waals surface area (Å²) in [6.45, 7) is 4.35. The van der Waals surface area contributed by atoms with Gasteiger partial charge in [0.05, 0.1) is 0 Å². The number of aliphatic hydroxyl groups excluding tert-OH is 1. The number of aryl methyl sites for hydroxylation is 1. The van der Waals surface area contributed by atoms with E-state index < -0.39 is 0 Å². The molecule has 0 radical (unpaired) electrons. The first-order valence-electron chi connectivity index (χ1n) is 5.19. The van der Waals surface area contributed by atoms with Gasteiger partial charge in [-0.05, 0) is 30.5 Å². The summed E-state index contributed by atoms with van der Waals surface area (Å²) < 4.78 is 0.887. The molecule has 1 unspecified atom stereocenters. The van der Waals surface area contributed by atoms with E-state index in [0.29, 0.717) is 12.1 Å². The zero-order valence-electron chi connectivity index (χ0n) is 9.46. The molecule has 2 N–H and O–H groups in total. The van der Waals surface area contributed by atoms with Crippen LogP contribution >= 0.6 is 15.9 Å². The topological polar surface area (TPSA) is 49.3 Å². The lowest BCUT2D eigenvalue weighted by Gasteiger charge is -2.11. The highest BCUT2D eigenvalue weighted by molar-refractivity contribution is 9.10. The monoisotopic (exact) mass is 285 g/mol. The second-order valence-corrected chi connectivity index (χ2v) is 4.87. The van der Waals surface area contributed by atoms with E-state index in [4.69, 9.17) is 5.11 Å². The number of nitrogens with one attached hydrogen (secondary N) is 1. The predicted octanol–water partition coefficient (Wildman–Crippen LogP) is 2.12. The fourth-order valence-corrected chi connectivity index (χ4v) is 1.63. The number of rotatable bonds is 4. The summed E-state index contributed by atoms with van der Waals surface area (Å²) in [5.41, 5.74) is 1.61. The second kappa shape index (κ2) is 6.01. The Hall–Kier alpha value is -0.870. The van der Waals surface area contributed by atoms with Crippen molar-refractivity contribution in [3.63, 3.8) is 0 Å². The molecular formula is C12H16BrNO2. The molecule has 0 saturated carbocycles. The van der Waals surface area contributed by atoms with Gasteiger partial charge in [0.2, 0.25) is 0 Å². The number of aliphatic hydroxyl groups is 1. The Morgan fingerprint density at radius 2 is 2.25 bits per heavy atom. The average molecular weight is 286 g/mol. The third-order valence-electron chi connectivity index (χ3n) is 2.37. The van der Waals surface area contributed by atoms with Crippen molar-refractivity contribution >= 4 is 21.8 Å². The smallest absolute Gasteiger partial charge is 0.251 e. The Balaban J connectivity index is 2.69. The van der Waals surface area contributed by atoms with Gasteiger partial charge >= 0.3 is 0 Å². The molecule has 0 aromatic heterocycles. The van der Waals surface area contributed by atoms with Crippen LogP contribution in [0.15, 0.2) is 22.7 Å². The first-order chi connectivity index (χ1) is 7.54. The van der Waals surface area contributed by atoms with Crippen LogP contribution in [0.1, 0.15) is 22.8 Å². The predicted molar refractivity (Wildman–Crippen MR) is 67.5 cm³/mol. The molecule has 0 saturated heterocycles. The fraction of sp³-hybridized carbons (Fsp3) is 0.417. The van der Waals surface area contributed by atoms with E-state index in [9.17, 15) is 4.79 Å². The highest BCUT2D eigenvalue weighted by Crippen LogP contribution is 2.15. The van der Waals surface area contributed by atoms with Crippen LogP contribution in [0.3, 0.4) is 0 Å². The summed E-state index contributed by atoms with van der Waals surface area (Å²) in [6, 6.07) is 5.60. The summed E-state index contributed by atoms with van der Waals surface area (Å²) in [5.74, 6) is -0.0180. The SMILES string of the molecule is Cc1ccc(Br)cc1C(=O)NCC(C)CO. The standard InChI is InChI=1S/C12H16BrNO2/c1-8(7-15)6-14-12(16)11-5-10(13)4-3-9(11)2/h3-5,8,15H,6-7H2,1-2H3,(H,14,16). The highest BCUT2D eigenvalue weighted by Gasteiger charge is 2.10. The Labute approximate surface area is 104 Å². The molecule has 88 valence electrons. The first-order valence-corrected chi connectivity index (χ1v) is 5.99. The van der Waals surface area contributed by atoms with Crippen LogP contribution in [-0.2, 0) is 0 Å². The Kier molecular flexibility index (Phi) is 4.96. The Morgan fingerprint density at radius 1 is 1.56 bits per heavy atom.